The molecule has 3 aromatic rings. The van der Waals surface area contributed by atoms with Gasteiger partial charge in [0.25, 0.3) is 11.8 Å². The van der Waals surface area contributed by atoms with Gasteiger partial charge in [-0.15, -0.1) is 0 Å². The van der Waals surface area contributed by atoms with Crippen LogP contribution in [0.5, 0.6) is 11.5 Å². The van der Waals surface area contributed by atoms with Crippen molar-refractivity contribution in [1.29, 1.82) is 0 Å². The molecule has 0 bridgehead atoms. The summed E-state index contributed by atoms with van der Waals surface area (Å²) in [7, 11) is 0. The zero-order chi connectivity index (χ0) is 33.8. The number of rotatable bonds is 13. The number of ether oxygens (including phenoxy) is 2. The number of benzene rings is 3. The number of amidine groups is 1. The molecular weight excluding hydrogens is 678 g/mol. The van der Waals surface area contributed by atoms with Gasteiger partial charge in [-0.25, -0.2) is 0 Å². The van der Waals surface area contributed by atoms with Gasteiger partial charge in [0.15, 0.2) is 16.7 Å². The Labute approximate surface area is 288 Å². The van der Waals surface area contributed by atoms with E-state index in [2.05, 4.69) is 32.8 Å². The summed E-state index contributed by atoms with van der Waals surface area (Å²) in [5.41, 5.74) is 2.72. The summed E-state index contributed by atoms with van der Waals surface area (Å²) >= 11 is 4.53. The van der Waals surface area contributed by atoms with Crippen molar-refractivity contribution in [1.82, 2.24) is 10.2 Å². The van der Waals surface area contributed by atoms with E-state index in [0.717, 1.165) is 22.9 Å². The van der Waals surface area contributed by atoms with E-state index in [1.165, 1.54) is 11.0 Å². The lowest BCUT2D eigenvalue weighted by Gasteiger charge is -2.28. The molecular formula is C37H36BrN3O5S. The third kappa shape index (κ3) is 8.99. The summed E-state index contributed by atoms with van der Waals surface area (Å²) in [5.74, 6) is -0.668. The number of hydrogen-bond acceptors (Lipinski definition) is 6. The van der Waals surface area contributed by atoms with Crippen LogP contribution in [0.4, 0.5) is 0 Å². The molecule has 242 valence electrons. The fourth-order valence-electron chi connectivity index (χ4n) is 4.78. The van der Waals surface area contributed by atoms with E-state index < -0.39 is 11.8 Å². The molecule has 0 saturated heterocycles. The number of nitrogens with zero attached hydrogens (tertiary/aromatic N) is 2. The smallest absolute Gasteiger partial charge is 0.285 e. The number of carbonyl (C=O) groups excluding carboxylic acids is 3. The molecule has 0 fully saturated rings. The van der Waals surface area contributed by atoms with Crippen LogP contribution in [0.1, 0.15) is 43.5 Å². The van der Waals surface area contributed by atoms with Gasteiger partial charge in [-0.3, -0.25) is 19.3 Å². The minimum absolute atomic E-state index is 0.0865. The highest BCUT2D eigenvalue weighted by Crippen LogP contribution is 2.38. The number of amides is 3. The van der Waals surface area contributed by atoms with Crippen molar-refractivity contribution < 1.29 is 23.9 Å². The molecule has 1 aliphatic heterocycles. The third-order valence-corrected chi connectivity index (χ3v) is 8.37. The van der Waals surface area contributed by atoms with Crippen LogP contribution in [0.15, 0.2) is 124 Å². The average molecular weight is 715 g/mol. The Bertz CT molecular complexity index is 1700. The number of aliphatic imine (C=N–C) groups is 1. The molecule has 47 heavy (non-hydrogen) atoms. The van der Waals surface area contributed by atoms with E-state index in [0.29, 0.717) is 40.4 Å². The molecule has 0 saturated carbocycles. The Kier molecular flexibility index (Phi) is 13.0. The lowest BCUT2D eigenvalue weighted by Crippen LogP contribution is -2.42. The molecule has 1 N–H and O–H groups in total. The number of allylic oxidation sites excluding steroid dienone is 4. The first kappa shape index (κ1) is 35.2. The summed E-state index contributed by atoms with van der Waals surface area (Å²) in [6, 6.07) is 22.4. The molecule has 1 heterocycles. The molecule has 4 rings (SSSR count). The predicted octanol–water partition coefficient (Wildman–Crippen LogP) is 7.64. The summed E-state index contributed by atoms with van der Waals surface area (Å²) in [5, 5.41) is 3.19. The normalized spacial score (nSPS) is 14.5. The zero-order valence-corrected chi connectivity index (χ0v) is 28.8. The fraction of sp³-hybridized carbons (Fsp3) is 0.189. The van der Waals surface area contributed by atoms with Crippen molar-refractivity contribution in [3.63, 3.8) is 0 Å². The summed E-state index contributed by atoms with van der Waals surface area (Å²) in [4.78, 5) is 46.5. The van der Waals surface area contributed by atoms with Crippen LogP contribution in [0, 0.1) is 0 Å². The highest BCUT2D eigenvalue weighted by molar-refractivity contribution is 9.10. The van der Waals surface area contributed by atoms with Crippen LogP contribution < -0.4 is 14.8 Å². The number of nitrogens with one attached hydrogen (secondary N) is 1. The van der Waals surface area contributed by atoms with Crippen molar-refractivity contribution in [3.05, 3.63) is 136 Å². The second-order valence-electron chi connectivity index (χ2n) is 10.0. The molecule has 3 amide bonds. The quantitative estimate of drug-likeness (QED) is 0.111. The van der Waals surface area contributed by atoms with Crippen LogP contribution in [-0.4, -0.2) is 46.8 Å². The van der Waals surface area contributed by atoms with Crippen LogP contribution in [0.3, 0.4) is 0 Å². The Hall–Kier alpha value is -4.67. The monoisotopic (exact) mass is 713 g/mol. The lowest BCUT2D eigenvalue weighted by atomic mass is 9.99. The SMILES string of the molecule is C=C/C=C\C(=C/C)N1C(=O)/C(=C/c2cc(Br)c(OCC)c(OCC)c2)C(=O)N=C1SCC(=O)NC(c1ccccc1)c1ccccc1. The van der Waals surface area contributed by atoms with Gasteiger partial charge in [0.2, 0.25) is 5.91 Å². The third-order valence-electron chi connectivity index (χ3n) is 6.84. The van der Waals surface area contributed by atoms with Gasteiger partial charge in [0.05, 0.1) is 29.5 Å². The maximum absolute atomic E-state index is 14.0. The van der Waals surface area contributed by atoms with E-state index >= 15 is 0 Å². The van der Waals surface area contributed by atoms with Crippen molar-refractivity contribution in [3.8, 4) is 11.5 Å². The Morgan fingerprint density at radius 2 is 1.66 bits per heavy atom. The number of thioether (sulfide) groups is 1. The molecule has 3 aromatic carbocycles. The maximum Gasteiger partial charge on any atom is 0.285 e. The van der Waals surface area contributed by atoms with Gasteiger partial charge in [-0.1, -0.05) is 97.2 Å². The minimum Gasteiger partial charge on any atom is -0.490 e. The predicted molar refractivity (Wildman–Crippen MR) is 192 cm³/mol. The highest BCUT2D eigenvalue weighted by atomic mass is 79.9. The van der Waals surface area contributed by atoms with Crippen molar-refractivity contribution in [2.24, 2.45) is 4.99 Å². The molecule has 0 aromatic heterocycles. The van der Waals surface area contributed by atoms with E-state index in [9.17, 15) is 14.4 Å². The molecule has 8 nitrogen and oxygen atoms in total. The molecule has 0 aliphatic carbocycles. The fourth-order valence-corrected chi connectivity index (χ4v) is 6.16. The Morgan fingerprint density at radius 1 is 1.02 bits per heavy atom. The van der Waals surface area contributed by atoms with Gasteiger partial charge >= 0.3 is 0 Å². The van der Waals surface area contributed by atoms with Crippen LogP contribution in [-0.2, 0) is 14.4 Å². The second kappa shape index (κ2) is 17.3. The first-order valence-electron chi connectivity index (χ1n) is 15.1. The molecule has 0 unspecified atom stereocenters. The molecule has 0 radical (unpaired) electrons. The largest absolute Gasteiger partial charge is 0.490 e. The maximum atomic E-state index is 14.0. The second-order valence-corrected chi connectivity index (χ2v) is 11.8. The zero-order valence-electron chi connectivity index (χ0n) is 26.4. The Balaban J connectivity index is 1.65. The molecule has 10 heteroatoms. The van der Waals surface area contributed by atoms with E-state index in [-0.39, 0.29) is 28.4 Å². The van der Waals surface area contributed by atoms with Gasteiger partial charge in [-0.2, -0.15) is 4.99 Å². The van der Waals surface area contributed by atoms with Gasteiger partial charge in [0, 0.05) is 5.70 Å². The average Bonchev–Trinajstić information content (AvgIpc) is 3.08. The van der Waals surface area contributed by atoms with Crippen molar-refractivity contribution >= 4 is 56.7 Å². The van der Waals surface area contributed by atoms with Gasteiger partial charge in [0.1, 0.15) is 5.57 Å². The van der Waals surface area contributed by atoms with Crippen LogP contribution >= 0.6 is 27.7 Å². The van der Waals surface area contributed by atoms with Gasteiger partial charge in [-0.05, 0) is 77.7 Å². The van der Waals surface area contributed by atoms with E-state index in [4.69, 9.17) is 9.47 Å². The number of hydrogen-bond donors (Lipinski definition) is 1. The Morgan fingerprint density at radius 3 is 2.23 bits per heavy atom. The topological polar surface area (TPSA) is 97.3 Å². The standard InChI is InChI=1S/C37H36BrN3O5S/c1-5-9-20-28(6-2)41-36(44)29(21-25-22-30(38)34(46-8-4)31(23-25)45-7-3)35(43)40-37(41)47-24-32(42)39-33(26-16-12-10-13-17-26)27-18-14-11-15-19-27/h5-6,9-23,33H,1,7-8,24H2,2-4H3,(H,39,42)/b20-9-,28-6+,29-21+. The van der Waals surface area contributed by atoms with E-state index in [1.54, 1.807) is 43.4 Å². The molecule has 0 spiro atoms. The molecule has 1 aliphatic rings. The van der Waals surface area contributed by atoms with Crippen molar-refractivity contribution in [2.45, 2.75) is 26.8 Å². The van der Waals surface area contributed by atoms with Gasteiger partial charge < -0.3 is 14.8 Å². The number of carbonyl (C=O) groups is 3. The lowest BCUT2D eigenvalue weighted by molar-refractivity contribution is -0.126. The summed E-state index contributed by atoms with van der Waals surface area (Å²) < 4.78 is 12.1. The first-order valence-corrected chi connectivity index (χ1v) is 16.8. The summed E-state index contributed by atoms with van der Waals surface area (Å²) in [6.45, 7) is 10.0. The first-order chi connectivity index (χ1) is 22.8. The highest BCUT2D eigenvalue weighted by Gasteiger charge is 2.35. The number of halogens is 1. The molecule has 0 atom stereocenters. The summed E-state index contributed by atoms with van der Waals surface area (Å²) in [6.07, 6.45) is 8.16. The minimum atomic E-state index is -0.716. The van der Waals surface area contributed by atoms with E-state index in [1.807, 2.05) is 74.5 Å². The van der Waals surface area contributed by atoms with Crippen LogP contribution in [0.2, 0.25) is 0 Å². The van der Waals surface area contributed by atoms with Crippen LogP contribution in [0.25, 0.3) is 6.08 Å². The van der Waals surface area contributed by atoms with Crippen molar-refractivity contribution in [2.75, 3.05) is 19.0 Å².